The van der Waals surface area contributed by atoms with Crippen LogP contribution < -0.4 is 21.1 Å². The molecule has 2 rings (SSSR count). The Morgan fingerprint density at radius 3 is 2.50 bits per heavy atom. The third-order valence-electron chi connectivity index (χ3n) is 2.72. The van der Waals surface area contributed by atoms with Crippen molar-refractivity contribution in [3.05, 3.63) is 11.0 Å². The van der Waals surface area contributed by atoms with E-state index in [9.17, 15) is 9.60 Å². The Morgan fingerprint density at radius 1 is 1.25 bits per heavy atom. The topological polar surface area (TPSA) is 95.1 Å². The molecule has 1 aromatic heterocycles. The Morgan fingerprint density at radius 2 is 1.88 bits per heavy atom. The number of anilines is 3. The lowest BCUT2D eigenvalue weighted by molar-refractivity contribution is -0.578. The predicted octanol–water partition coefficient (Wildman–Crippen LogP) is 0.00880. The van der Waals surface area contributed by atoms with Gasteiger partial charge in [0.05, 0.1) is 0 Å². The Hall–Kier alpha value is -1.79. The highest BCUT2D eigenvalue weighted by atomic mass is 19.1. The third kappa shape index (κ3) is 1.68. The van der Waals surface area contributed by atoms with Crippen molar-refractivity contribution in [3.8, 4) is 0 Å². The van der Waals surface area contributed by atoms with Crippen LogP contribution in [0.1, 0.15) is 19.3 Å². The SMILES string of the molecule is Nc1nc(N2CCCCC2)c(F)c(N)[n+]1[O-]. The van der Waals surface area contributed by atoms with E-state index >= 15 is 0 Å². The number of nitrogens with two attached hydrogens (primary N) is 2. The van der Waals surface area contributed by atoms with Crippen molar-refractivity contribution in [1.29, 1.82) is 0 Å². The molecule has 88 valence electrons. The lowest BCUT2D eigenvalue weighted by Gasteiger charge is -2.27. The molecule has 0 aromatic carbocycles. The molecule has 1 saturated heterocycles. The summed E-state index contributed by atoms with van der Waals surface area (Å²) < 4.78 is 13.8. The first kappa shape index (κ1) is 10.7. The highest BCUT2D eigenvalue weighted by molar-refractivity contribution is 5.49. The van der Waals surface area contributed by atoms with E-state index in [1.165, 1.54) is 0 Å². The number of nitrogens with zero attached hydrogens (tertiary/aromatic N) is 3. The Bertz CT molecular complexity index is 405. The van der Waals surface area contributed by atoms with Gasteiger partial charge in [0, 0.05) is 13.1 Å². The van der Waals surface area contributed by atoms with Gasteiger partial charge in [-0.1, -0.05) is 4.98 Å². The monoisotopic (exact) mass is 227 g/mol. The molecule has 1 aliphatic heterocycles. The van der Waals surface area contributed by atoms with Gasteiger partial charge in [-0.3, -0.25) is 0 Å². The summed E-state index contributed by atoms with van der Waals surface area (Å²) in [6.07, 6.45) is 3.08. The van der Waals surface area contributed by atoms with Gasteiger partial charge in [0.15, 0.2) is 0 Å². The number of rotatable bonds is 1. The molecular formula is C9H14FN5O. The molecule has 0 spiro atoms. The molecule has 1 aromatic rings. The van der Waals surface area contributed by atoms with Crippen LogP contribution in [0.3, 0.4) is 0 Å². The van der Waals surface area contributed by atoms with Crippen molar-refractivity contribution in [2.45, 2.75) is 19.3 Å². The van der Waals surface area contributed by atoms with E-state index in [1.807, 2.05) is 0 Å². The van der Waals surface area contributed by atoms with Crippen molar-refractivity contribution >= 4 is 17.6 Å². The highest BCUT2D eigenvalue weighted by Gasteiger charge is 2.24. The number of hydrogen-bond acceptors (Lipinski definition) is 5. The summed E-state index contributed by atoms with van der Waals surface area (Å²) in [4.78, 5) is 5.53. The Labute approximate surface area is 92.3 Å². The lowest BCUT2D eigenvalue weighted by Crippen LogP contribution is -2.39. The van der Waals surface area contributed by atoms with Crippen molar-refractivity contribution in [3.63, 3.8) is 0 Å². The van der Waals surface area contributed by atoms with Crippen LogP contribution in [0.25, 0.3) is 0 Å². The fourth-order valence-corrected chi connectivity index (χ4v) is 1.85. The summed E-state index contributed by atoms with van der Waals surface area (Å²) in [7, 11) is 0. The van der Waals surface area contributed by atoms with Crippen LogP contribution in [0, 0.1) is 11.0 Å². The molecule has 4 N–H and O–H groups in total. The number of nitrogen functional groups attached to an aromatic ring is 2. The quantitative estimate of drug-likeness (QED) is 0.520. The van der Waals surface area contributed by atoms with E-state index < -0.39 is 11.6 Å². The summed E-state index contributed by atoms with van der Waals surface area (Å²) in [6.45, 7) is 1.43. The van der Waals surface area contributed by atoms with Crippen LogP contribution in [-0.2, 0) is 0 Å². The van der Waals surface area contributed by atoms with Crippen molar-refractivity contribution < 1.29 is 9.12 Å². The van der Waals surface area contributed by atoms with E-state index in [4.69, 9.17) is 11.5 Å². The van der Waals surface area contributed by atoms with E-state index in [0.717, 1.165) is 19.3 Å². The standard InChI is InChI=1S/C9H14FN5O/c10-6-7(11)15(16)9(12)13-8(6)14-4-2-1-3-5-14/h1-5,11H2,(H2,12,13). The van der Waals surface area contributed by atoms with Gasteiger partial charge in [-0.15, -0.1) is 0 Å². The van der Waals surface area contributed by atoms with Gasteiger partial charge in [0.2, 0.25) is 17.5 Å². The summed E-state index contributed by atoms with van der Waals surface area (Å²) in [5, 5.41) is 11.2. The largest absolute Gasteiger partial charge is 0.754 e. The third-order valence-corrected chi connectivity index (χ3v) is 2.72. The molecule has 6 nitrogen and oxygen atoms in total. The van der Waals surface area contributed by atoms with E-state index in [0.29, 0.717) is 13.1 Å². The van der Waals surface area contributed by atoms with E-state index in [1.54, 1.807) is 4.90 Å². The van der Waals surface area contributed by atoms with Crippen LogP contribution in [0.2, 0.25) is 0 Å². The maximum Gasteiger partial charge on any atom is 0.346 e. The molecule has 7 heteroatoms. The van der Waals surface area contributed by atoms with Gasteiger partial charge in [-0.25, -0.2) is 4.73 Å². The molecule has 0 aliphatic carbocycles. The van der Waals surface area contributed by atoms with Crippen LogP contribution in [-0.4, -0.2) is 18.1 Å². The molecule has 0 amide bonds. The molecule has 0 unspecified atom stereocenters. The highest BCUT2D eigenvalue weighted by Crippen LogP contribution is 2.23. The summed E-state index contributed by atoms with van der Waals surface area (Å²) in [6, 6.07) is 0. The second-order valence-electron chi connectivity index (χ2n) is 3.83. The van der Waals surface area contributed by atoms with E-state index in [-0.39, 0.29) is 16.5 Å². The normalized spacial score (nSPS) is 16.4. The minimum Gasteiger partial charge on any atom is -0.754 e. The maximum absolute atomic E-state index is 13.7. The molecule has 1 aliphatic rings. The fraction of sp³-hybridized carbons (Fsp3) is 0.556. The molecule has 2 heterocycles. The van der Waals surface area contributed by atoms with Crippen LogP contribution in [0.15, 0.2) is 0 Å². The second kappa shape index (κ2) is 3.99. The smallest absolute Gasteiger partial charge is 0.346 e. The van der Waals surface area contributed by atoms with Crippen molar-refractivity contribution in [2.24, 2.45) is 0 Å². The fourth-order valence-electron chi connectivity index (χ4n) is 1.85. The predicted molar refractivity (Wildman–Crippen MR) is 58.0 cm³/mol. The minimum absolute atomic E-state index is 0.0850. The Kier molecular flexibility index (Phi) is 2.67. The number of piperidine rings is 1. The number of halogens is 1. The van der Waals surface area contributed by atoms with Gasteiger partial charge < -0.3 is 21.6 Å². The zero-order chi connectivity index (χ0) is 11.7. The molecule has 0 radical (unpaired) electrons. The van der Waals surface area contributed by atoms with Crippen LogP contribution in [0.5, 0.6) is 0 Å². The van der Waals surface area contributed by atoms with Crippen molar-refractivity contribution in [2.75, 3.05) is 29.5 Å². The lowest BCUT2D eigenvalue weighted by atomic mass is 10.1. The molecule has 1 fully saturated rings. The molecule has 16 heavy (non-hydrogen) atoms. The first-order chi connectivity index (χ1) is 7.61. The van der Waals surface area contributed by atoms with Crippen molar-refractivity contribution in [1.82, 2.24) is 4.98 Å². The number of hydrogen-bond donors (Lipinski definition) is 2. The van der Waals surface area contributed by atoms with Gasteiger partial charge in [-0.05, 0) is 19.3 Å². The summed E-state index contributed by atoms with van der Waals surface area (Å²) in [5.41, 5.74) is 10.7. The molecule has 0 bridgehead atoms. The number of aromatic nitrogens is 2. The van der Waals surface area contributed by atoms with Gasteiger partial charge >= 0.3 is 5.95 Å². The first-order valence-corrected chi connectivity index (χ1v) is 5.20. The average Bonchev–Trinajstić information content (AvgIpc) is 2.32. The second-order valence-corrected chi connectivity index (χ2v) is 3.83. The van der Waals surface area contributed by atoms with Gasteiger partial charge in [0.1, 0.15) is 0 Å². The minimum atomic E-state index is -0.786. The van der Waals surface area contributed by atoms with Crippen LogP contribution >= 0.6 is 0 Å². The average molecular weight is 227 g/mol. The van der Waals surface area contributed by atoms with Gasteiger partial charge in [0.25, 0.3) is 0 Å². The molecule has 0 atom stereocenters. The first-order valence-electron chi connectivity index (χ1n) is 5.20. The maximum atomic E-state index is 13.7. The van der Waals surface area contributed by atoms with Crippen LogP contribution in [0.4, 0.5) is 22.0 Å². The summed E-state index contributed by atoms with van der Waals surface area (Å²) >= 11 is 0. The molecule has 0 saturated carbocycles. The van der Waals surface area contributed by atoms with Gasteiger partial charge in [-0.2, -0.15) is 4.39 Å². The molecular weight excluding hydrogens is 213 g/mol. The van der Waals surface area contributed by atoms with E-state index in [2.05, 4.69) is 4.98 Å². The zero-order valence-corrected chi connectivity index (χ0v) is 8.82. The zero-order valence-electron chi connectivity index (χ0n) is 8.82. The summed E-state index contributed by atoms with van der Waals surface area (Å²) in [5.74, 6) is -1.54. The Balaban J connectivity index is 2.40.